The van der Waals surface area contributed by atoms with Crippen molar-refractivity contribution in [2.24, 2.45) is 0 Å². The first-order valence-electron chi connectivity index (χ1n) is 9.28. The number of rotatable bonds is 7. The lowest BCUT2D eigenvalue weighted by molar-refractivity contribution is 0.0527. The zero-order valence-electron chi connectivity index (χ0n) is 16.9. The van der Waals surface area contributed by atoms with E-state index in [9.17, 15) is 9.59 Å². The molecule has 8 nitrogen and oxygen atoms in total. The molecule has 0 bridgehead atoms. The van der Waals surface area contributed by atoms with Crippen LogP contribution in [0.5, 0.6) is 0 Å². The Hall–Kier alpha value is -2.87. The van der Waals surface area contributed by atoms with E-state index in [1.807, 2.05) is 52.0 Å². The number of nitrogens with one attached hydrogen (secondary N) is 2. The molecule has 0 aliphatic carbocycles. The standard InChI is InChI=1S/C20H29N5O3/c1-14-13-25(18(26)24-17(14)21)16-8-6-15(7-9-16)12-22-10-5-11-23-19(27)28-20(2,3)4/h6-9,13,22H,5,10-12H2,1-4H3,(H,23,27)(H2,21,24,26). The summed E-state index contributed by atoms with van der Waals surface area (Å²) in [5, 5.41) is 6.05. The van der Waals surface area contributed by atoms with Gasteiger partial charge in [0, 0.05) is 24.8 Å². The van der Waals surface area contributed by atoms with Gasteiger partial charge in [-0.3, -0.25) is 4.57 Å². The molecule has 0 aliphatic heterocycles. The summed E-state index contributed by atoms with van der Waals surface area (Å²) in [5.41, 5.74) is 7.37. The van der Waals surface area contributed by atoms with E-state index < -0.39 is 17.4 Å². The van der Waals surface area contributed by atoms with Gasteiger partial charge in [0.15, 0.2) is 0 Å². The molecule has 0 saturated heterocycles. The van der Waals surface area contributed by atoms with Gasteiger partial charge in [0.1, 0.15) is 11.4 Å². The lowest BCUT2D eigenvalue weighted by atomic mass is 10.2. The van der Waals surface area contributed by atoms with Crippen LogP contribution in [0.25, 0.3) is 5.69 Å². The third kappa shape index (κ3) is 6.70. The third-order valence-electron chi connectivity index (χ3n) is 3.89. The first-order valence-corrected chi connectivity index (χ1v) is 9.28. The van der Waals surface area contributed by atoms with Crippen molar-refractivity contribution < 1.29 is 9.53 Å². The molecular weight excluding hydrogens is 358 g/mol. The molecule has 8 heteroatoms. The Morgan fingerprint density at radius 2 is 1.89 bits per heavy atom. The summed E-state index contributed by atoms with van der Waals surface area (Å²) in [6.45, 7) is 9.32. The van der Waals surface area contributed by atoms with Crippen molar-refractivity contribution in [3.8, 4) is 5.69 Å². The van der Waals surface area contributed by atoms with Crippen molar-refractivity contribution in [1.29, 1.82) is 0 Å². The first-order chi connectivity index (χ1) is 13.2. The Labute approximate surface area is 165 Å². The molecule has 0 saturated carbocycles. The third-order valence-corrected chi connectivity index (χ3v) is 3.89. The number of amides is 1. The second kappa shape index (κ2) is 9.36. The van der Waals surface area contributed by atoms with Gasteiger partial charge in [-0.1, -0.05) is 12.1 Å². The van der Waals surface area contributed by atoms with E-state index in [1.165, 1.54) is 4.57 Å². The Bertz CT molecular complexity index is 854. The van der Waals surface area contributed by atoms with Crippen molar-refractivity contribution in [3.05, 3.63) is 52.1 Å². The van der Waals surface area contributed by atoms with Crippen LogP contribution in [0.15, 0.2) is 35.3 Å². The van der Waals surface area contributed by atoms with E-state index in [-0.39, 0.29) is 5.82 Å². The average Bonchev–Trinajstić information content (AvgIpc) is 2.60. The molecule has 1 amide bonds. The Kier molecular flexibility index (Phi) is 7.17. The molecule has 1 aromatic carbocycles. The first kappa shape index (κ1) is 21.4. The van der Waals surface area contributed by atoms with Crippen LogP contribution in [0.3, 0.4) is 0 Å². The largest absolute Gasteiger partial charge is 0.444 e. The maximum absolute atomic E-state index is 12.0. The number of alkyl carbamates (subject to hydrolysis) is 1. The number of nitrogens with zero attached hydrogens (tertiary/aromatic N) is 2. The lowest BCUT2D eigenvalue weighted by Gasteiger charge is -2.19. The molecule has 0 spiro atoms. The number of nitrogens with two attached hydrogens (primary N) is 1. The van der Waals surface area contributed by atoms with Gasteiger partial charge >= 0.3 is 11.8 Å². The number of ether oxygens (including phenoxy) is 1. The molecule has 4 N–H and O–H groups in total. The zero-order chi connectivity index (χ0) is 20.7. The highest BCUT2D eigenvalue weighted by Crippen LogP contribution is 2.10. The van der Waals surface area contributed by atoms with Gasteiger partial charge in [-0.25, -0.2) is 9.59 Å². The fraction of sp³-hybridized carbons (Fsp3) is 0.450. The summed E-state index contributed by atoms with van der Waals surface area (Å²) in [5.74, 6) is 0.253. The summed E-state index contributed by atoms with van der Waals surface area (Å²) >= 11 is 0. The van der Waals surface area contributed by atoms with Crippen LogP contribution in [0.2, 0.25) is 0 Å². The topological polar surface area (TPSA) is 111 Å². The molecular formula is C20H29N5O3. The molecule has 1 heterocycles. The molecule has 2 rings (SSSR count). The van der Waals surface area contributed by atoms with E-state index in [4.69, 9.17) is 10.5 Å². The Balaban J connectivity index is 1.76. The number of anilines is 1. The highest BCUT2D eigenvalue weighted by Gasteiger charge is 2.15. The van der Waals surface area contributed by atoms with E-state index in [2.05, 4.69) is 15.6 Å². The van der Waals surface area contributed by atoms with Gasteiger partial charge in [0.25, 0.3) is 0 Å². The Morgan fingerprint density at radius 1 is 1.21 bits per heavy atom. The normalized spacial score (nSPS) is 11.3. The number of benzene rings is 1. The molecule has 28 heavy (non-hydrogen) atoms. The van der Waals surface area contributed by atoms with Crippen LogP contribution in [0.4, 0.5) is 10.6 Å². The highest BCUT2D eigenvalue weighted by molar-refractivity contribution is 5.67. The van der Waals surface area contributed by atoms with Gasteiger partial charge in [-0.15, -0.1) is 0 Å². The van der Waals surface area contributed by atoms with E-state index in [1.54, 1.807) is 6.20 Å². The van der Waals surface area contributed by atoms with E-state index >= 15 is 0 Å². The van der Waals surface area contributed by atoms with Gasteiger partial charge in [0.2, 0.25) is 0 Å². The highest BCUT2D eigenvalue weighted by atomic mass is 16.6. The maximum Gasteiger partial charge on any atom is 0.407 e. The van der Waals surface area contributed by atoms with Crippen LogP contribution < -0.4 is 22.1 Å². The summed E-state index contributed by atoms with van der Waals surface area (Å²) in [6.07, 6.45) is 2.09. The van der Waals surface area contributed by atoms with Crippen LogP contribution in [0.1, 0.15) is 38.3 Å². The summed E-state index contributed by atoms with van der Waals surface area (Å²) in [4.78, 5) is 27.3. The SMILES string of the molecule is Cc1cn(-c2ccc(CNCCCNC(=O)OC(C)(C)C)cc2)c(=O)nc1N. The number of nitrogen functional groups attached to an aromatic ring is 1. The number of aryl methyl sites for hydroxylation is 1. The summed E-state index contributed by atoms with van der Waals surface area (Å²) in [6, 6.07) is 7.67. The van der Waals surface area contributed by atoms with Crippen molar-refractivity contribution in [3.63, 3.8) is 0 Å². The van der Waals surface area contributed by atoms with Crippen LogP contribution in [0, 0.1) is 6.92 Å². The van der Waals surface area contributed by atoms with Crippen LogP contribution >= 0.6 is 0 Å². The van der Waals surface area contributed by atoms with Crippen molar-refractivity contribution >= 4 is 11.9 Å². The Morgan fingerprint density at radius 3 is 2.54 bits per heavy atom. The van der Waals surface area contributed by atoms with Crippen molar-refractivity contribution in [2.45, 2.75) is 46.3 Å². The molecule has 0 unspecified atom stereocenters. The fourth-order valence-corrected chi connectivity index (χ4v) is 2.47. The van der Waals surface area contributed by atoms with Gasteiger partial charge in [-0.2, -0.15) is 4.98 Å². The minimum Gasteiger partial charge on any atom is -0.444 e. The average molecular weight is 387 g/mol. The van der Waals surface area contributed by atoms with Gasteiger partial charge in [0.05, 0.1) is 5.69 Å². The van der Waals surface area contributed by atoms with Gasteiger partial charge in [-0.05, 0) is 58.4 Å². The quantitative estimate of drug-likeness (QED) is 0.628. The second-order valence-corrected chi connectivity index (χ2v) is 7.59. The smallest absolute Gasteiger partial charge is 0.407 e. The lowest BCUT2D eigenvalue weighted by Crippen LogP contribution is -2.33. The molecule has 0 aliphatic rings. The summed E-state index contributed by atoms with van der Waals surface area (Å²) in [7, 11) is 0. The number of aromatic nitrogens is 2. The molecule has 1 aromatic heterocycles. The summed E-state index contributed by atoms with van der Waals surface area (Å²) < 4.78 is 6.65. The van der Waals surface area contributed by atoms with E-state index in [0.29, 0.717) is 13.1 Å². The molecule has 2 aromatic rings. The van der Waals surface area contributed by atoms with Crippen molar-refractivity contribution in [2.75, 3.05) is 18.8 Å². The fourth-order valence-electron chi connectivity index (χ4n) is 2.47. The number of carbonyl (C=O) groups is 1. The van der Waals surface area contributed by atoms with Crippen molar-refractivity contribution in [1.82, 2.24) is 20.2 Å². The monoisotopic (exact) mass is 387 g/mol. The van der Waals surface area contributed by atoms with Crippen LogP contribution in [-0.4, -0.2) is 34.3 Å². The maximum atomic E-state index is 12.0. The van der Waals surface area contributed by atoms with Crippen LogP contribution in [-0.2, 0) is 11.3 Å². The predicted octanol–water partition coefficient (Wildman–Crippen LogP) is 2.13. The number of carbonyl (C=O) groups excluding carboxylic acids is 1. The molecule has 0 radical (unpaired) electrons. The van der Waals surface area contributed by atoms with E-state index in [0.717, 1.165) is 29.8 Å². The minimum atomic E-state index is -0.485. The zero-order valence-corrected chi connectivity index (χ0v) is 16.9. The van der Waals surface area contributed by atoms with Gasteiger partial charge < -0.3 is 21.1 Å². The molecule has 152 valence electrons. The number of hydrogen-bond acceptors (Lipinski definition) is 6. The minimum absolute atomic E-state index is 0.253. The second-order valence-electron chi connectivity index (χ2n) is 7.59. The molecule has 0 fully saturated rings. The number of hydrogen-bond donors (Lipinski definition) is 3. The molecule has 0 atom stereocenters. The predicted molar refractivity (Wildman–Crippen MR) is 110 cm³/mol.